The first kappa shape index (κ1) is 19.1. The summed E-state index contributed by atoms with van der Waals surface area (Å²) in [6.07, 6.45) is 3.79. The van der Waals surface area contributed by atoms with E-state index >= 15 is 0 Å². The Morgan fingerprint density at radius 1 is 1.19 bits per heavy atom. The van der Waals surface area contributed by atoms with Crippen molar-refractivity contribution in [3.8, 4) is 0 Å². The van der Waals surface area contributed by atoms with Gasteiger partial charge in [-0.25, -0.2) is 4.39 Å². The number of amides is 2. The normalized spacial score (nSPS) is 26.7. The van der Waals surface area contributed by atoms with E-state index in [9.17, 15) is 14.0 Å². The first-order valence-electron chi connectivity index (χ1n) is 9.11. The second-order valence-corrected chi connectivity index (χ2v) is 7.95. The Morgan fingerprint density at radius 2 is 1.85 bits per heavy atom. The molecular formula is C19H25ClFN3O2. The van der Waals surface area contributed by atoms with E-state index in [1.54, 1.807) is 4.90 Å². The molecule has 26 heavy (non-hydrogen) atoms. The summed E-state index contributed by atoms with van der Waals surface area (Å²) >= 11 is 5.99. The molecule has 0 bridgehead atoms. The third-order valence-electron chi connectivity index (χ3n) is 5.59. The Labute approximate surface area is 158 Å². The molecule has 1 aromatic rings. The highest BCUT2D eigenvalue weighted by molar-refractivity contribution is 6.33. The van der Waals surface area contributed by atoms with Crippen molar-refractivity contribution >= 4 is 23.4 Å². The number of halogens is 2. The monoisotopic (exact) mass is 381 g/mol. The molecule has 1 aliphatic carbocycles. The van der Waals surface area contributed by atoms with Gasteiger partial charge in [0, 0.05) is 31.7 Å². The molecule has 1 aliphatic heterocycles. The van der Waals surface area contributed by atoms with E-state index in [1.807, 2.05) is 11.8 Å². The van der Waals surface area contributed by atoms with E-state index in [1.165, 1.54) is 12.1 Å². The number of piperazine rings is 1. The smallest absolute Gasteiger partial charge is 0.255 e. The van der Waals surface area contributed by atoms with Crippen molar-refractivity contribution in [1.82, 2.24) is 9.80 Å². The lowest BCUT2D eigenvalue weighted by Gasteiger charge is -2.42. The van der Waals surface area contributed by atoms with Crippen LogP contribution < -0.4 is 5.73 Å². The van der Waals surface area contributed by atoms with Crippen molar-refractivity contribution < 1.29 is 14.0 Å². The van der Waals surface area contributed by atoms with E-state index < -0.39 is 11.4 Å². The summed E-state index contributed by atoms with van der Waals surface area (Å²) in [5, 5.41) is 0.106. The zero-order chi connectivity index (χ0) is 18.9. The van der Waals surface area contributed by atoms with Gasteiger partial charge in [0.25, 0.3) is 5.91 Å². The van der Waals surface area contributed by atoms with Gasteiger partial charge < -0.3 is 15.5 Å². The third kappa shape index (κ3) is 3.86. The van der Waals surface area contributed by atoms with Crippen molar-refractivity contribution in [3.63, 3.8) is 0 Å². The van der Waals surface area contributed by atoms with Crippen LogP contribution in [0.25, 0.3) is 0 Å². The first-order chi connectivity index (χ1) is 12.3. The summed E-state index contributed by atoms with van der Waals surface area (Å²) in [6, 6.07) is 3.77. The Bertz CT molecular complexity index is 702. The van der Waals surface area contributed by atoms with Gasteiger partial charge in [-0.15, -0.1) is 0 Å². The van der Waals surface area contributed by atoms with Crippen LogP contribution in [0.1, 0.15) is 43.0 Å². The van der Waals surface area contributed by atoms with Gasteiger partial charge >= 0.3 is 0 Å². The molecule has 5 nitrogen and oxygen atoms in total. The topological polar surface area (TPSA) is 66.6 Å². The van der Waals surface area contributed by atoms with Crippen molar-refractivity contribution in [2.24, 2.45) is 11.7 Å². The van der Waals surface area contributed by atoms with Crippen molar-refractivity contribution in [1.29, 1.82) is 0 Å². The van der Waals surface area contributed by atoms with Crippen molar-refractivity contribution in [2.75, 3.05) is 26.2 Å². The molecule has 2 fully saturated rings. The highest BCUT2D eigenvalue weighted by atomic mass is 35.5. The maximum Gasteiger partial charge on any atom is 0.255 e. The minimum absolute atomic E-state index is 0.0987. The molecule has 1 saturated heterocycles. The fourth-order valence-corrected chi connectivity index (χ4v) is 4.20. The van der Waals surface area contributed by atoms with Crippen LogP contribution in [0.5, 0.6) is 0 Å². The van der Waals surface area contributed by atoms with Gasteiger partial charge in [0.05, 0.1) is 16.5 Å². The molecule has 0 aromatic heterocycles. The highest BCUT2D eigenvalue weighted by Gasteiger charge is 2.40. The molecule has 7 heteroatoms. The zero-order valence-corrected chi connectivity index (χ0v) is 15.8. The van der Waals surface area contributed by atoms with Gasteiger partial charge in [0.1, 0.15) is 5.82 Å². The number of carbonyl (C=O) groups excluding carboxylic acids is 2. The maximum atomic E-state index is 13.2. The van der Waals surface area contributed by atoms with Gasteiger partial charge in [0.15, 0.2) is 0 Å². The van der Waals surface area contributed by atoms with E-state index in [2.05, 4.69) is 0 Å². The van der Waals surface area contributed by atoms with Crippen LogP contribution in [-0.4, -0.2) is 53.3 Å². The molecule has 3 rings (SSSR count). The molecule has 2 atom stereocenters. The summed E-state index contributed by atoms with van der Waals surface area (Å²) in [5.41, 5.74) is 6.18. The predicted octanol–water partition coefficient (Wildman–Crippen LogP) is 2.67. The van der Waals surface area contributed by atoms with E-state index in [-0.39, 0.29) is 28.3 Å². The minimum atomic E-state index is -0.473. The Hall–Kier alpha value is -1.66. The second kappa shape index (κ2) is 7.53. The van der Waals surface area contributed by atoms with E-state index in [4.69, 9.17) is 17.3 Å². The van der Waals surface area contributed by atoms with Gasteiger partial charge in [-0.1, -0.05) is 24.4 Å². The molecular weight excluding hydrogens is 357 g/mol. The van der Waals surface area contributed by atoms with Gasteiger partial charge in [-0.05, 0) is 38.0 Å². The van der Waals surface area contributed by atoms with Crippen LogP contribution in [0.3, 0.4) is 0 Å². The molecule has 2 N–H and O–H groups in total. The molecule has 1 saturated carbocycles. The predicted molar refractivity (Wildman–Crippen MR) is 98.4 cm³/mol. The van der Waals surface area contributed by atoms with E-state index in [0.29, 0.717) is 26.2 Å². The SMILES string of the molecule is CC1(N)CCCCC1C(=O)N1CCN(C(=O)c2ccc(F)cc2Cl)CC1. The third-order valence-corrected chi connectivity index (χ3v) is 5.91. The molecule has 2 unspecified atom stereocenters. The van der Waals surface area contributed by atoms with Gasteiger partial charge in [-0.3, -0.25) is 9.59 Å². The van der Waals surface area contributed by atoms with Crippen molar-refractivity contribution in [3.05, 3.63) is 34.6 Å². The fraction of sp³-hybridized carbons (Fsp3) is 0.579. The second-order valence-electron chi connectivity index (χ2n) is 7.55. The van der Waals surface area contributed by atoms with Crippen LogP contribution in [0.4, 0.5) is 4.39 Å². The highest BCUT2D eigenvalue weighted by Crippen LogP contribution is 2.33. The van der Waals surface area contributed by atoms with Crippen LogP contribution in [0.2, 0.25) is 5.02 Å². The summed E-state index contributed by atoms with van der Waals surface area (Å²) in [4.78, 5) is 29.0. The number of nitrogens with two attached hydrogens (primary N) is 1. The van der Waals surface area contributed by atoms with Crippen LogP contribution in [-0.2, 0) is 4.79 Å². The standard InChI is InChI=1S/C19H25ClFN3O2/c1-19(22)7-3-2-4-15(19)18(26)24-10-8-23(9-11-24)17(25)14-6-5-13(21)12-16(14)20/h5-6,12,15H,2-4,7-11,22H2,1H3. The zero-order valence-electron chi connectivity index (χ0n) is 15.0. The molecule has 0 spiro atoms. The van der Waals surface area contributed by atoms with Crippen LogP contribution >= 0.6 is 11.6 Å². The number of nitrogens with zero attached hydrogens (tertiary/aromatic N) is 2. The van der Waals surface area contributed by atoms with Crippen LogP contribution in [0.15, 0.2) is 18.2 Å². The lowest BCUT2D eigenvalue weighted by molar-refractivity contribution is -0.140. The number of hydrogen-bond acceptors (Lipinski definition) is 3. The molecule has 1 heterocycles. The quantitative estimate of drug-likeness (QED) is 0.856. The maximum absolute atomic E-state index is 13.2. The Balaban J connectivity index is 1.62. The average molecular weight is 382 g/mol. The minimum Gasteiger partial charge on any atom is -0.339 e. The number of benzene rings is 1. The molecule has 0 radical (unpaired) electrons. The lowest BCUT2D eigenvalue weighted by atomic mass is 9.74. The first-order valence-corrected chi connectivity index (χ1v) is 9.49. The summed E-state index contributed by atoms with van der Waals surface area (Å²) in [6.45, 7) is 3.80. The molecule has 1 aromatic carbocycles. The molecule has 2 aliphatic rings. The number of rotatable bonds is 2. The van der Waals surface area contributed by atoms with Gasteiger partial charge in [-0.2, -0.15) is 0 Å². The Morgan fingerprint density at radius 3 is 2.46 bits per heavy atom. The van der Waals surface area contributed by atoms with E-state index in [0.717, 1.165) is 31.7 Å². The Kier molecular flexibility index (Phi) is 5.53. The average Bonchev–Trinajstić information content (AvgIpc) is 2.60. The summed E-state index contributed by atoms with van der Waals surface area (Å²) < 4.78 is 13.2. The van der Waals surface area contributed by atoms with Crippen LogP contribution in [0, 0.1) is 11.7 Å². The van der Waals surface area contributed by atoms with Gasteiger partial charge in [0.2, 0.25) is 5.91 Å². The fourth-order valence-electron chi connectivity index (χ4n) is 3.95. The molecule has 2 amide bonds. The number of hydrogen-bond donors (Lipinski definition) is 1. The summed E-state index contributed by atoms with van der Waals surface area (Å²) in [5.74, 6) is -0.755. The summed E-state index contributed by atoms with van der Waals surface area (Å²) in [7, 11) is 0. The van der Waals surface area contributed by atoms with Crippen molar-refractivity contribution in [2.45, 2.75) is 38.1 Å². The number of carbonyl (C=O) groups is 2. The molecule has 142 valence electrons. The lowest BCUT2D eigenvalue weighted by Crippen LogP contribution is -2.57. The largest absolute Gasteiger partial charge is 0.339 e.